The molecule has 1 saturated carbocycles. The van der Waals surface area contributed by atoms with Crippen LogP contribution < -0.4 is 15.5 Å². The molecule has 0 radical (unpaired) electrons. The van der Waals surface area contributed by atoms with Crippen LogP contribution in [-0.4, -0.2) is 24.4 Å². The van der Waals surface area contributed by atoms with Crippen LogP contribution in [0.15, 0.2) is 42.5 Å². The number of benzene rings is 2. The second-order valence-electron chi connectivity index (χ2n) is 7.18. The first-order valence-corrected chi connectivity index (χ1v) is 9.24. The highest BCUT2D eigenvalue weighted by molar-refractivity contribution is 5.94. The Morgan fingerprint density at radius 1 is 1.15 bits per heavy atom. The van der Waals surface area contributed by atoms with Crippen LogP contribution in [0.5, 0.6) is 0 Å². The van der Waals surface area contributed by atoms with Crippen molar-refractivity contribution in [1.29, 1.82) is 0 Å². The van der Waals surface area contributed by atoms with Crippen molar-refractivity contribution in [2.45, 2.75) is 38.3 Å². The highest BCUT2D eigenvalue weighted by Crippen LogP contribution is 2.32. The van der Waals surface area contributed by atoms with Gasteiger partial charge in [-0.25, -0.2) is 4.39 Å². The molecule has 140 valence electrons. The molecule has 0 spiro atoms. The van der Waals surface area contributed by atoms with Crippen molar-refractivity contribution in [3.05, 3.63) is 59.4 Å². The fourth-order valence-corrected chi connectivity index (χ4v) is 3.45. The van der Waals surface area contributed by atoms with Crippen molar-refractivity contribution in [1.82, 2.24) is 5.32 Å². The Hall–Kier alpha value is -2.89. The van der Waals surface area contributed by atoms with Gasteiger partial charge < -0.3 is 15.5 Å². The second-order valence-corrected chi connectivity index (χ2v) is 7.18. The van der Waals surface area contributed by atoms with Gasteiger partial charge in [0.25, 0.3) is 0 Å². The maximum Gasteiger partial charge on any atom is 0.247 e. The average Bonchev–Trinajstić information content (AvgIpc) is 3.35. The molecule has 0 aromatic heterocycles. The molecule has 2 aliphatic rings. The van der Waals surface area contributed by atoms with Gasteiger partial charge in [-0.1, -0.05) is 12.1 Å². The summed E-state index contributed by atoms with van der Waals surface area (Å²) in [7, 11) is 0. The number of carbonyl (C=O) groups excluding carboxylic acids is 2. The van der Waals surface area contributed by atoms with Gasteiger partial charge in [0.05, 0.1) is 0 Å². The molecule has 2 aromatic rings. The van der Waals surface area contributed by atoms with Crippen molar-refractivity contribution in [2.75, 3.05) is 16.8 Å². The Morgan fingerprint density at radius 3 is 2.56 bits per heavy atom. The van der Waals surface area contributed by atoms with E-state index in [-0.39, 0.29) is 23.7 Å². The predicted octanol–water partition coefficient (Wildman–Crippen LogP) is 3.17. The van der Waals surface area contributed by atoms with Gasteiger partial charge in [0, 0.05) is 30.9 Å². The molecule has 1 fully saturated rings. The largest absolute Gasteiger partial charge is 0.370 e. The summed E-state index contributed by atoms with van der Waals surface area (Å²) >= 11 is 0. The fraction of sp³-hybridized carbons (Fsp3) is 0.333. The van der Waals surface area contributed by atoms with Crippen LogP contribution in [0.25, 0.3) is 0 Å². The third-order valence-electron chi connectivity index (χ3n) is 5.06. The van der Waals surface area contributed by atoms with E-state index in [1.54, 1.807) is 24.0 Å². The normalized spacial score (nSPS) is 16.6. The minimum atomic E-state index is -0.602. The van der Waals surface area contributed by atoms with Gasteiger partial charge in [0.1, 0.15) is 11.9 Å². The van der Waals surface area contributed by atoms with Crippen molar-refractivity contribution >= 4 is 23.2 Å². The summed E-state index contributed by atoms with van der Waals surface area (Å²) in [6.07, 6.45) is 2.79. The zero-order valence-electron chi connectivity index (χ0n) is 15.2. The number of amides is 2. The lowest BCUT2D eigenvalue weighted by molar-refractivity contribution is -0.122. The Balaban J connectivity index is 1.58. The number of hydrogen-bond donors (Lipinski definition) is 2. The van der Waals surface area contributed by atoms with Crippen LogP contribution >= 0.6 is 0 Å². The molecule has 1 aliphatic carbocycles. The minimum absolute atomic E-state index is 0.0301. The molecule has 2 amide bonds. The maximum atomic E-state index is 13.3. The van der Waals surface area contributed by atoms with E-state index in [0.717, 1.165) is 36.2 Å². The Kier molecular flexibility index (Phi) is 4.56. The van der Waals surface area contributed by atoms with Crippen molar-refractivity contribution in [2.24, 2.45) is 0 Å². The summed E-state index contributed by atoms with van der Waals surface area (Å²) in [6.45, 7) is 2.24. The number of halogens is 1. The van der Waals surface area contributed by atoms with E-state index in [9.17, 15) is 14.0 Å². The van der Waals surface area contributed by atoms with Crippen LogP contribution in [0.1, 0.15) is 36.9 Å². The lowest BCUT2D eigenvalue weighted by Crippen LogP contribution is -2.34. The van der Waals surface area contributed by atoms with Crippen molar-refractivity contribution in [3.8, 4) is 0 Å². The third-order valence-corrected chi connectivity index (χ3v) is 5.06. The topological polar surface area (TPSA) is 61.4 Å². The van der Waals surface area contributed by atoms with E-state index in [1.165, 1.54) is 12.1 Å². The molecular weight excluding hydrogens is 345 g/mol. The molecule has 0 bridgehead atoms. The summed E-state index contributed by atoms with van der Waals surface area (Å²) in [5.74, 6) is -0.417. The van der Waals surface area contributed by atoms with Crippen LogP contribution in [0.4, 0.5) is 15.8 Å². The summed E-state index contributed by atoms with van der Waals surface area (Å²) in [4.78, 5) is 26.2. The number of fused-ring (bicyclic) bond motifs is 1. The Morgan fingerprint density at radius 2 is 1.89 bits per heavy atom. The zero-order valence-corrected chi connectivity index (χ0v) is 15.2. The molecular formula is C21H22FN3O2. The average molecular weight is 367 g/mol. The first-order valence-electron chi connectivity index (χ1n) is 9.24. The number of carbonyl (C=O) groups is 2. The molecule has 1 atom stereocenters. The molecule has 1 unspecified atom stereocenters. The summed E-state index contributed by atoms with van der Waals surface area (Å²) in [5, 5.41) is 6.30. The zero-order chi connectivity index (χ0) is 19.0. The van der Waals surface area contributed by atoms with Crippen LogP contribution in [-0.2, 0) is 16.0 Å². The number of nitrogens with zero attached hydrogens (tertiary/aromatic N) is 1. The van der Waals surface area contributed by atoms with Gasteiger partial charge in [-0.3, -0.25) is 9.59 Å². The van der Waals surface area contributed by atoms with Gasteiger partial charge in [-0.2, -0.15) is 0 Å². The summed E-state index contributed by atoms with van der Waals surface area (Å²) in [6, 6.07) is 11.4. The van der Waals surface area contributed by atoms with E-state index in [0.29, 0.717) is 12.1 Å². The number of hydrogen-bond acceptors (Lipinski definition) is 3. The third kappa shape index (κ3) is 3.79. The summed E-state index contributed by atoms with van der Waals surface area (Å²) in [5.41, 5.74) is 3.52. The van der Waals surface area contributed by atoms with Gasteiger partial charge in [-0.15, -0.1) is 0 Å². The maximum absolute atomic E-state index is 13.3. The van der Waals surface area contributed by atoms with E-state index < -0.39 is 6.04 Å². The van der Waals surface area contributed by atoms with Gasteiger partial charge in [0.15, 0.2) is 0 Å². The molecule has 1 aliphatic heterocycles. The van der Waals surface area contributed by atoms with E-state index in [2.05, 4.69) is 10.6 Å². The van der Waals surface area contributed by atoms with E-state index >= 15 is 0 Å². The van der Waals surface area contributed by atoms with Crippen LogP contribution in [0, 0.1) is 5.82 Å². The van der Waals surface area contributed by atoms with E-state index in [1.807, 2.05) is 18.2 Å². The molecule has 27 heavy (non-hydrogen) atoms. The first-order chi connectivity index (χ1) is 13.0. The lowest BCUT2D eigenvalue weighted by atomic mass is 10.0. The first kappa shape index (κ1) is 17.5. The lowest BCUT2D eigenvalue weighted by Gasteiger charge is -2.21. The monoisotopic (exact) mass is 367 g/mol. The summed E-state index contributed by atoms with van der Waals surface area (Å²) < 4.78 is 13.3. The van der Waals surface area contributed by atoms with Crippen LogP contribution in [0.3, 0.4) is 0 Å². The molecule has 4 rings (SSSR count). The molecule has 6 heteroatoms. The molecule has 5 nitrogen and oxygen atoms in total. The number of anilines is 2. The van der Waals surface area contributed by atoms with E-state index in [4.69, 9.17) is 0 Å². The van der Waals surface area contributed by atoms with Gasteiger partial charge in [-0.05, 0) is 60.7 Å². The Labute approximate surface area is 157 Å². The molecule has 2 aromatic carbocycles. The van der Waals surface area contributed by atoms with Gasteiger partial charge in [0.2, 0.25) is 11.8 Å². The number of rotatable bonds is 5. The van der Waals surface area contributed by atoms with Crippen LogP contribution in [0.2, 0.25) is 0 Å². The number of nitrogens with one attached hydrogen (secondary N) is 2. The standard InChI is InChI=1S/C21H22FN3O2/c1-13(26)25-11-10-15-12-18(8-9-19(15)25)23-20(21(27)24-17-6-7-17)14-2-4-16(22)5-3-14/h2-5,8-9,12,17,20,23H,6-7,10-11H2,1H3,(H,24,27). The Bertz CT molecular complexity index is 877. The second kappa shape index (κ2) is 7.02. The van der Waals surface area contributed by atoms with Gasteiger partial charge >= 0.3 is 0 Å². The smallest absolute Gasteiger partial charge is 0.247 e. The molecule has 1 heterocycles. The molecule has 2 N–H and O–H groups in total. The predicted molar refractivity (Wildman–Crippen MR) is 102 cm³/mol. The quantitative estimate of drug-likeness (QED) is 0.853. The minimum Gasteiger partial charge on any atom is -0.370 e. The fourth-order valence-electron chi connectivity index (χ4n) is 3.45. The SMILES string of the molecule is CC(=O)N1CCc2cc(NC(C(=O)NC3CC3)c3ccc(F)cc3)ccc21. The highest BCUT2D eigenvalue weighted by Gasteiger charge is 2.29. The molecule has 0 saturated heterocycles. The van der Waals surface area contributed by atoms with Crippen molar-refractivity contribution in [3.63, 3.8) is 0 Å². The highest BCUT2D eigenvalue weighted by atomic mass is 19.1. The van der Waals surface area contributed by atoms with Crippen molar-refractivity contribution < 1.29 is 14.0 Å².